The highest BCUT2D eigenvalue weighted by Crippen LogP contribution is 2.24. The Morgan fingerprint density at radius 1 is 1.00 bits per heavy atom. The largest absolute Gasteiger partial charge is 0.340 e. The second kappa shape index (κ2) is 9.33. The van der Waals surface area contributed by atoms with Crippen LogP contribution < -0.4 is 10.7 Å². The molecule has 2 heterocycles. The lowest BCUT2D eigenvalue weighted by atomic mass is 10.1. The number of carbonyl (C=O) groups is 1. The molecule has 0 bridgehead atoms. The lowest BCUT2D eigenvalue weighted by Gasteiger charge is -2.21. The Bertz CT molecular complexity index is 1260. The number of alkyl halides is 5. The van der Waals surface area contributed by atoms with E-state index in [4.69, 9.17) is 11.6 Å². The maximum atomic E-state index is 14.4. The van der Waals surface area contributed by atoms with Crippen LogP contribution in [0.3, 0.4) is 0 Å². The van der Waals surface area contributed by atoms with Gasteiger partial charge in [0.25, 0.3) is 18.8 Å². The molecular formula is C19H10ClF8N3O2. The summed E-state index contributed by atoms with van der Waals surface area (Å²) in [5.74, 6) is -6.04. The molecule has 0 spiro atoms. The molecule has 1 amide bonds. The van der Waals surface area contributed by atoms with Crippen molar-refractivity contribution in [3.8, 4) is 5.69 Å². The molecule has 0 saturated carbocycles. The minimum Gasteiger partial charge on any atom is -0.340 e. The van der Waals surface area contributed by atoms with Crippen LogP contribution in [-0.4, -0.2) is 40.5 Å². The molecule has 176 valence electrons. The molecule has 33 heavy (non-hydrogen) atoms. The second-order valence-electron chi connectivity index (χ2n) is 6.58. The second-order valence-corrected chi connectivity index (χ2v) is 6.96. The number of hydrogen-bond acceptors (Lipinski definition) is 3. The highest BCUT2D eigenvalue weighted by atomic mass is 35.5. The van der Waals surface area contributed by atoms with Crippen LogP contribution in [0, 0.1) is 17.5 Å². The minimum atomic E-state index is -3.88. The molecule has 1 N–H and O–H groups in total. The fourth-order valence-corrected chi connectivity index (χ4v) is 3.09. The summed E-state index contributed by atoms with van der Waals surface area (Å²) in [6, 6.07) is -0.401. The Hall–Kier alpha value is -3.22. The normalized spacial score (nSPS) is 13.5. The van der Waals surface area contributed by atoms with Crippen LogP contribution >= 0.6 is 11.6 Å². The molecule has 0 radical (unpaired) electrons. The first kappa shape index (κ1) is 24.4. The van der Waals surface area contributed by atoms with E-state index in [0.717, 1.165) is 12.1 Å². The van der Waals surface area contributed by atoms with Crippen molar-refractivity contribution in [2.24, 2.45) is 0 Å². The Morgan fingerprint density at radius 3 is 2.15 bits per heavy atom. The standard InChI is InChI=1S/C19H10ClF8N3O2/c20-11-2-1-7-15(32)8(19(33)30-13(17(27)28)12(24)16(25)26)5-31(18(7)29-11)14-9(22)3-6(21)4-10(14)23/h1-5,12-13,16-17H,(H,30,33). The third kappa shape index (κ3) is 4.77. The number of amides is 1. The van der Waals surface area contributed by atoms with E-state index in [1.54, 1.807) is 0 Å². The number of aromatic nitrogens is 2. The number of benzene rings is 1. The van der Waals surface area contributed by atoms with Crippen molar-refractivity contribution in [1.82, 2.24) is 14.9 Å². The molecule has 1 aromatic carbocycles. The minimum absolute atomic E-state index is 0.259. The van der Waals surface area contributed by atoms with Crippen LogP contribution in [0.2, 0.25) is 5.15 Å². The summed E-state index contributed by atoms with van der Waals surface area (Å²) >= 11 is 5.76. The van der Waals surface area contributed by atoms with Gasteiger partial charge in [0.1, 0.15) is 33.9 Å². The quantitative estimate of drug-likeness (QED) is 0.403. The molecule has 2 aromatic heterocycles. The zero-order chi connectivity index (χ0) is 24.6. The molecule has 2 atom stereocenters. The predicted molar refractivity (Wildman–Crippen MR) is 100 cm³/mol. The van der Waals surface area contributed by atoms with Gasteiger partial charge in [-0.05, 0) is 12.1 Å². The number of nitrogens with zero attached hydrogens (tertiary/aromatic N) is 2. The van der Waals surface area contributed by atoms with E-state index in [9.17, 15) is 44.7 Å². The summed E-state index contributed by atoms with van der Waals surface area (Å²) in [6.07, 6.45) is -10.7. The Labute approximate surface area is 183 Å². The molecule has 0 fully saturated rings. The maximum Gasteiger partial charge on any atom is 0.271 e. The van der Waals surface area contributed by atoms with Crippen molar-refractivity contribution in [1.29, 1.82) is 0 Å². The van der Waals surface area contributed by atoms with Crippen molar-refractivity contribution in [2.45, 2.75) is 25.1 Å². The average molecular weight is 500 g/mol. The van der Waals surface area contributed by atoms with E-state index >= 15 is 0 Å². The molecule has 0 aliphatic carbocycles. The van der Waals surface area contributed by atoms with Crippen LogP contribution in [0.25, 0.3) is 16.7 Å². The number of fused-ring (bicyclic) bond motifs is 1. The highest BCUT2D eigenvalue weighted by Gasteiger charge is 2.38. The van der Waals surface area contributed by atoms with E-state index < -0.39 is 76.1 Å². The zero-order valence-electron chi connectivity index (χ0n) is 15.8. The number of carbonyl (C=O) groups excluding carboxylic acids is 1. The third-order valence-electron chi connectivity index (χ3n) is 4.44. The van der Waals surface area contributed by atoms with E-state index in [-0.39, 0.29) is 17.3 Å². The lowest BCUT2D eigenvalue weighted by Crippen LogP contribution is -2.49. The molecule has 2 unspecified atom stereocenters. The Morgan fingerprint density at radius 2 is 1.61 bits per heavy atom. The van der Waals surface area contributed by atoms with Gasteiger partial charge in [0.2, 0.25) is 5.43 Å². The number of hydrogen-bond donors (Lipinski definition) is 1. The smallest absolute Gasteiger partial charge is 0.271 e. The summed E-state index contributed by atoms with van der Waals surface area (Å²) in [4.78, 5) is 28.9. The van der Waals surface area contributed by atoms with E-state index in [0.29, 0.717) is 10.8 Å². The van der Waals surface area contributed by atoms with Crippen molar-refractivity contribution >= 4 is 28.5 Å². The van der Waals surface area contributed by atoms with Gasteiger partial charge in [0.05, 0.1) is 5.39 Å². The lowest BCUT2D eigenvalue weighted by molar-refractivity contribution is -0.0201. The summed E-state index contributed by atoms with van der Waals surface area (Å²) in [5.41, 5.74) is -3.81. The van der Waals surface area contributed by atoms with Gasteiger partial charge in [0.15, 0.2) is 17.8 Å². The molecular weight excluding hydrogens is 490 g/mol. The van der Waals surface area contributed by atoms with Crippen molar-refractivity contribution < 1.29 is 39.9 Å². The van der Waals surface area contributed by atoms with E-state index in [1.165, 1.54) is 5.32 Å². The van der Waals surface area contributed by atoms with Crippen LogP contribution in [0.1, 0.15) is 10.4 Å². The molecule has 3 aromatic rings. The molecule has 14 heteroatoms. The van der Waals surface area contributed by atoms with Gasteiger partial charge in [-0.2, -0.15) is 0 Å². The van der Waals surface area contributed by atoms with Gasteiger partial charge >= 0.3 is 0 Å². The summed E-state index contributed by atoms with van der Waals surface area (Å²) in [5, 5.41) is 0.547. The van der Waals surface area contributed by atoms with Crippen molar-refractivity contribution in [3.05, 3.63) is 68.9 Å². The molecule has 0 aliphatic rings. The topological polar surface area (TPSA) is 64.0 Å². The van der Waals surface area contributed by atoms with Crippen LogP contribution in [0.15, 0.2) is 35.3 Å². The van der Waals surface area contributed by atoms with Gasteiger partial charge in [0, 0.05) is 18.3 Å². The molecule has 0 saturated heterocycles. The van der Waals surface area contributed by atoms with Crippen LogP contribution in [0.4, 0.5) is 35.1 Å². The van der Waals surface area contributed by atoms with Gasteiger partial charge < -0.3 is 5.32 Å². The maximum absolute atomic E-state index is 14.4. The first-order chi connectivity index (χ1) is 15.4. The fourth-order valence-electron chi connectivity index (χ4n) is 2.94. The van der Waals surface area contributed by atoms with Gasteiger partial charge in [-0.15, -0.1) is 0 Å². The zero-order valence-corrected chi connectivity index (χ0v) is 16.6. The number of halogens is 9. The Kier molecular flexibility index (Phi) is 6.91. The monoisotopic (exact) mass is 499 g/mol. The molecule has 0 aliphatic heterocycles. The number of pyridine rings is 2. The fraction of sp³-hybridized carbons (Fsp3) is 0.211. The summed E-state index contributed by atoms with van der Waals surface area (Å²) < 4.78 is 107. The SMILES string of the molecule is O=C(NC(C(F)F)C(F)C(F)F)c1cn(-c2c(F)cc(F)cc2F)c2nc(Cl)ccc2c1=O. The molecule has 5 nitrogen and oxygen atoms in total. The van der Waals surface area contributed by atoms with E-state index in [2.05, 4.69) is 4.98 Å². The van der Waals surface area contributed by atoms with Gasteiger partial charge in [-0.25, -0.2) is 40.1 Å². The van der Waals surface area contributed by atoms with Crippen LogP contribution in [0.5, 0.6) is 0 Å². The number of rotatable bonds is 6. The predicted octanol–water partition coefficient (Wildman–Crippen LogP) is 4.42. The van der Waals surface area contributed by atoms with Crippen molar-refractivity contribution in [3.63, 3.8) is 0 Å². The average Bonchev–Trinajstić information content (AvgIpc) is 2.71. The molecule has 3 rings (SSSR count). The Balaban J connectivity index is 2.25. The van der Waals surface area contributed by atoms with E-state index in [1.807, 2.05) is 0 Å². The van der Waals surface area contributed by atoms with Gasteiger partial charge in [-0.1, -0.05) is 11.6 Å². The third-order valence-corrected chi connectivity index (χ3v) is 4.65. The number of nitrogens with one attached hydrogen (secondary N) is 1. The highest BCUT2D eigenvalue weighted by molar-refractivity contribution is 6.29. The van der Waals surface area contributed by atoms with Crippen LogP contribution in [-0.2, 0) is 0 Å². The summed E-state index contributed by atoms with van der Waals surface area (Å²) in [7, 11) is 0. The van der Waals surface area contributed by atoms with Gasteiger partial charge in [-0.3, -0.25) is 14.2 Å². The summed E-state index contributed by atoms with van der Waals surface area (Å²) in [6.45, 7) is 0. The first-order valence-electron chi connectivity index (χ1n) is 8.80. The van der Waals surface area contributed by atoms with Crippen molar-refractivity contribution in [2.75, 3.05) is 0 Å². The first-order valence-corrected chi connectivity index (χ1v) is 9.18.